The number of carbonyl (C=O) groups is 3. The summed E-state index contributed by atoms with van der Waals surface area (Å²) < 4.78 is 64.1. The molecule has 2 amide bonds. The molecule has 1 aromatic carbocycles. The van der Waals surface area contributed by atoms with Gasteiger partial charge in [0.25, 0.3) is 5.91 Å². The fourth-order valence-corrected chi connectivity index (χ4v) is 5.11. The van der Waals surface area contributed by atoms with Crippen LogP contribution in [0.5, 0.6) is 0 Å². The summed E-state index contributed by atoms with van der Waals surface area (Å²) in [6.45, 7) is 5.52. The molecule has 1 fully saturated rings. The first-order valence-electron chi connectivity index (χ1n) is 16.4. The Kier molecular flexibility index (Phi) is 11.6. The Morgan fingerprint density at radius 2 is 1.86 bits per heavy atom. The van der Waals surface area contributed by atoms with Crippen molar-refractivity contribution in [3.63, 3.8) is 0 Å². The van der Waals surface area contributed by atoms with E-state index in [1.165, 1.54) is 46.0 Å². The molecule has 4 aromatic rings. The Balaban J connectivity index is 1.34. The summed E-state index contributed by atoms with van der Waals surface area (Å²) in [5.74, 6) is -1.15. The summed E-state index contributed by atoms with van der Waals surface area (Å²) in [4.78, 5) is 46.4. The number of oxazole rings is 1. The zero-order valence-electron chi connectivity index (χ0n) is 28.7. The molecule has 0 saturated carbocycles. The van der Waals surface area contributed by atoms with Crippen LogP contribution in [0.4, 0.5) is 29.5 Å². The van der Waals surface area contributed by atoms with E-state index in [4.69, 9.17) is 18.6 Å². The Bertz CT molecular complexity index is 1830. The maximum atomic E-state index is 13.4. The average molecular weight is 713 g/mol. The minimum Gasteiger partial charge on any atom is -0.444 e. The lowest BCUT2D eigenvalue weighted by Crippen LogP contribution is -2.42. The van der Waals surface area contributed by atoms with E-state index in [2.05, 4.69) is 20.4 Å². The summed E-state index contributed by atoms with van der Waals surface area (Å²) in [6, 6.07) is 9.46. The molecule has 1 atom stereocenters. The molecule has 0 radical (unpaired) electrons. The molecule has 1 aliphatic heterocycles. The van der Waals surface area contributed by atoms with Gasteiger partial charge < -0.3 is 23.9 Å². The van der Waals surface area contributed by atoms with Crippen molar-refractivity contribution in [2.24, 2.45) is 0 Å². The van der Waals surface area contributed by atoms with Crippen LogP contribution >= 0.6 is 0 Å². The number of benzene rings is 1. The number of amides is 2. The van der Waals surface area contributed by atoms with Crippen molar-refractivity contribution in [3.8, 4) is 17.1 Å². The first-order valence-corrected chi connectivity index (χ1v) is 16.4. The maximum absolute atomic E-state index is 13.4. The summed E-state index contributed by atoms with van der Waals surface area (Å²) in [6.07, 6.45) is 1.66. The number of pyridine rings is 1. The summed E-state index contributed by atoms with van der Waals surface area (Å²) in [7, 11) is 0. The lowest BCUT2D eigenvalue weighted by atomic mass is 10.1. The molecule has 1 unspecified atom stereocenters. The second-order valence-corrected chi connectivity index (χ2v) is 12.9. The van der Waals surface area contributed by atoms with E-state index in [9.17, 15) is 27.6 Å². The van der Waals surface area contributed by atoms with Crippen LogP contribution < -0.4 is 10.2 Å². The molecule has 1 aliphatic rings. The minimum atomic E-state index is -4.75. The van der Waals surface area contributed by atoms with Crippen molar-refractivity contribution in [1.29, 1.82) is 0 Å². The van der Waals surface area contributed by atoms with E-state index in [0.29, 0.717) is 53.6 Å². The van der Waals surface area contributed by atoms with Gasteiger partial charge in [-0.25, -0.2) is 19.4 Å². The fraction of sp³-hybridized carbons (Fsp3) is 0.429. The zero-order chi connectivity index (χ0) is 36.8. The molecule has 1 saturated heterocycles. The van der Waals surface area contributed by atoms with Crippen LogP contribution in [0.25, 0.3) is 17.1 Å². The predicted octanol–water partition coefficient (Wildman–Crippen LogP) is 7.16. The number of alkyl halides is 3. The third-order valence-corrected chi connectivity index (χ3v) is 7.53. The molecule has 13 nitrogen and oxygen atoms in total. The Morgan fingerprint density at radius 3 is 2.53 bits per heavy atom. The summed E-state index contributed by atoms with van der Waals surface area (Å²) >= 11 is 0. The highest BCUT2D eigenvalue weighted by molar-refractivity contribution is 6.03. The standard InChI is InChI=1S/C35H39F3N6O7/c1-22(45)23-10-12-25(13-11-23)44-19-27(26(42-44)8-7-17-49-30-9-5-6-16-48-30)40-31(46)28-20-50-32(41-28)24-14-15-39-29(18-24)43(21-35(36,37)38)33(47)51-34(2,3)4/h10-15,18-20,30H,5-9,16-17,21H2,1-4H3,(H,40,46). The fourth-order valence-electron chi connectivity index (χ4n) is 5.11. The zero-order valence-corrected chi connectivity index (χ0v) is 28.7. The number of halogens is 3. The van der Waals surface area contributed by atoms with Crippen LogP contribution in [0.2, 0.25) is 0 Å². The van der Waals surface area contributed by atoms with Gasteiger partial charge in [-0.2, -0.15) is 18.3 Å². The molecule has 5 rings (SSSR count). The van der Waals surface area contributed by atoms with Crippen molar-refractivity contribution < 1.29 is 46.2 Å². The van der Waals surface area contributed by atoms with Gasteiger partial charge in [-0.3, -0.25) is 14.5 Å². The molecular formula is C35H39F3N6O7. The Morgan fingerprint density at radius 1 is 1.10 bits per heavy atom. The summed E-state index contributed by atoms with van der Waals surface area (Å²) in [5, 5.41) is 7.51. The van der Waals surface area contributed by atoms with Crippen LogP contribution in [0.1, 0.15) is 79.9 Å². The molecule has 3 aromatic heterocycles. The van der Waals surface area contributed by atoms with Gasteiger partial charge in [0.2, 0.25) is 5.89 Å². The van der Waals surface area contributed by atoms with E-state index in [1.807, 2.05) is 0 Å². The van der Waals surface area contributed by atoms with Crippen molar-refractivity contribution in [2.45, 2.75) is 77.9 Å². The molecule has 4 heterocycles. The van der Waals surface area contributed by atoms with Gasteiger partial charge in [0.1, 0.15) is 24.2 Å². The van der Waals surface area contributed by atoms with E-state index in [1.54, 1.807) is 35.1 Å². The molecular weight excluding hydrogens is 673 g/mol. The molecule has 51 heavy (non-hydrogen) atoms. The number of hydrogen-bond donors (Lipinski definition) is 1. The number of ether oxygens (including phenoxy) is 3. The van der Waals surface area contributed by atoms with Gasteiger partial charge in [-0.15, -0.1) is 0 Å². The number of aromatic nitrogens is 4. The topological polar surface area (TPSA) is 151 Å². The molecule has 1 N–H and O–H groups in total. The van der Waals surface area contributed by atoms with Crippen molar-refractivity contribution in [3.05, 3.63) is 72.0 Å². The number of Topliss-reactive ketones (excluding diaryl/α,β-unsaturated/α-hetero) is 1. The Hall–Kier alpha value is -5.09. The highest BCUT2D eigenvalue weighted by Gasteiger charge is 2.37. The number of nitrogens with zero attached hydrogens (tertiary/aromatic N) is 5. The number of rotatable bonds is 12. The first-order chi connectivity index (χ1) is 24.1. The number of hydrogen-bond acceptors (Lipinski definition) is 10. The third-order valence-electron chi connectivity index (χ3n) is 7.53. The van der Waals surface area contributed by atoms with Gasteiger partial charge >= 0.3 is 12.3 Å². The van der Waals surface area contributed by atoms with Gasteiger partial charge in [-0.1, -0.05) is 0 Å². The second-order valence-electron chi connectivity index (χ2n) is 12.9. The molecule has 16 heteroatoms. The van der Waals surface area contributed by atoms with E-state index in [0.717, 1.165) is 25.5 Å². The van der Waals surface area contributed by atoms with E-state index >= 15 is 0 Å². The minimum absolute atomic E-state index is 0.0748. The van der Waals surface area contributed by atoms with Crippen LogP contribution in [0.3, 0.4) is 0 Å². The van der Waals surface area contributed by atoms with Crippen molar-refractivity contribution in [2.75, 3.05) is 30.0 Å². The van der Waals surface area contributed by atoms with Gasteiger partial charge in [0.15, 0.2) is 17.8 Å². The van der Waals surface area contributed by atoms with Gasteiger partial charge in [0, 0.05) is 23.9 Å². The number of nitrogens with one attached hydrogen (secondary N) is 1. The summed E-state index contributed by atoms with van der Waals surface area (Å²) in [5.41, 5.74) is 1.17. The molecule has 0 bridgehead atoms. The predicted molar refractivity (Wildman–Crippen MR) is 179 cm³/mol. The highest BCUT2D eigenvalue weighted by Crippen LogP contribution is 2.28. The smallest absolute Gasteiger partial charge is 0.416 e. The number of anilines is 2. The number of ketones is 1. The van der Waals surface area contributed by atoms with Crippen molar-refractivity contribution >= 4 is 29.3 Å². The lowest BCUT2D eigenvalue weighted by molar-refractivity contribution is -0.162. The van der Waals surface area contributed by atoms with Gasteiger partial charge in [-0.05, 0) is 96.2 Å². The van der Waals surface area contributed by atoms with Crippen LogP contribution in [-0.4, -0.2) is 75.4 Å². The maximum Gasteiger partial charge on any atom is 0.416 e. The SMILES string of the molecule is CC(=O)c1ccc(-n2cc(NC(=O)c3coc(-c4ccnc(N(CC(F)(F)F)C(=O)OC(C)(C)C)c4)n3)c(CCCOC3CCCCO3)n2)cc1. The first kappa shape index (κ1) is 37.2. The van der Waals surface area contributed by atoms with E-state index in [-0.39, 0.29) is 35.0 Å². The largest absolute Gasteiger partial charge is 0.444 e. The van der Waals surface area contributed by atoms with Crippen LogP contribution in [0.15, 0.2) is 59.5 Å². The van der Waals surface area contributed by atoms with E-state index < -0.39 is 30.3 Å². The third kappa shape index (κ3) is 10.5. The average Bonchev–Trinajstić information content (AvgIpc) is 3.73. The molecule has 0 aliphatic carbocycles. The van der Waals surface area contributed by atoms with Crippen LogP contribution in [-0.2, 0) is 20.6 Å². The number of carbonyl (C=O) groups excluding carboxylic acids is 3. The Labute approximate surface area is 292 Å². The van der Waals surface area contributed by atoms with Gasteiger partial charge in [0.05, 0.1) is 29.9 Å². The second kappa shape index (κ2) is 15.9. The number of aryl methyl sites for hydroxylation is 1. The highest BCUT2D eigenvalue weighted by atomic mass is 19.4. The van der Waals surface area contributed by atoms with Crippen molar-refractivity contribution in [1.82, 2.24) is 19.7 Å². The quantitative estimate of drug-likeness (QED) is 0.118. The normalized spacial score (nSPS) is 15.0. The lowest BCUT2D eigenvalue weighted by Gasteiger charge is -2.27. The monoisotopic (exact) mass is 712 g/mol. The molecule has 0 spiro atoms. The molecule has 272 valence electrons. The van der Waals surface area contributed by atoms with Crippen LogP contribution in [0, 0.1) is 0 Å².